The second-order valence-electron chi connectivity index (χ2n) is 1.91. The lowest BCUT2D eigenvalue weighted by molar-refractivity contribution is -0.139. The average Bonchev–Trinajstić information content (AvgIpc) is 1.90. The van der Waals surface area contributed by atoms with Gasteiger partial charge in [0.2, 0.25) is 0 Å². The Morgan fingerprint density at radius 2 is 1.90 bits per heavy atom. The first-order valence-electron chi connectivity index (χ1n) is 2.87. The highest BCUT2D eigenvalue weighted by Crippen LogP contribution is 2.03. The van der Waals surface area contributed by atoms with Crippen LogP contribution in [0.2, 0.25) is 0 Å². The van der Waals surface area contributed by atoms with Gasteiger partial charge >= 0.3 is 5.97 Å². The molecule has 0 aliphatic carbocycles. The van der Waals surface area contributed by atoms with Gasteiger partial charge in [0.25, 0.3) is 0 Å². The van der Waals surface area contributed by atoms with E-state index in [-0.39, 0.29) is 5.92 Å². The van der Waals surface area contributed by atoms with E-state index < -0.39 is 12.0 Å². The van der Waals surface area contributed by atoms with Gasteiger partial charge in [-0.3, -0.25) is 4.79 Å². The fourth-order valence-electron chi connectivity index (χ4n) is 0.554. The monoisotopic (exact) mass is 141 g/mol. The van der Waals surface area contributed by atoms with Gasteiger partial charge in [-0.2, -0.15) is 0 Å². The van der Waals surface area contributed by atoms with Crippen LogP contribution in [-0.4, -0.2) is 17.1 Å². The summed E-state index contributed by atoms with van der Waals surface area (Å²) in [4.78, 5) is 10.2. The van der Waals surface area contributed by atoms with Crippen molar-refractivity contribution in [3.63, 3.8) is 0 Å². The number of carboxylic acid groups (broad SMARTS) is 1. The van der Waals surface area contributed by atoms with Crippen molar-refractivity contribution in [2.45, 2.75) is 6.04 Å². The fraction of sp³-hybridized carbons (Fsp3) is 0.286. The van der Waals surface area contributed by atoms with E-state index in [4.69, 9.17) is 10.8 Å². The van der Waals surface area contributed by atoms with E-state index in [9.17, 15) is 4.79 Å². The van der Waals surface area contributed by atoms with Gasteiger partial charge in [0, 0.05) is 5.92 Å². The second-order valence-corrected chi connectivity index (χ2v) is 1.91. The molecule has 0 fully saturated rings. The molecule has 0 radical (unpaired) electrons. The molecule has 3 heteroatoms. The first-order chi connectivity index (χ1) is 4.63. The van der Waals surface area contributed by atoms with E-state index >= 15 is 0 Å². The second kappa shape index (κ2) is 3.85. The molecule has 0 heterocycles. The molecule has 0 unspecified atom stereocenters. The van der Waals surface area contributed by atoms with Crippen LogP contribution in [0.3, 0.4) is 0 Å². The molecule has 0 aromatic rings. The standard InChI is InChI=1S/C7H11NO2/c1-3-5(4-2)6(8)7(9)10/h3-6H,1-2,8H2,(H,9,10)/t6-/m0/s1. The summed E-state index contributed by atoms with van der Waals surface area (Å²) in [5, 5.41) is 8.39. The van der Waals surface area contributed by atoms with Crippen LogP contribution in [0.25, 0.3) is 0 Å². The van der Waals surface area contributed by atoms with Crippen molar-refractivity contribution >= 4 is 5.97 Å². The van der Waals surface area contributed by atoms with Crippen molar-refractivity contribution in [1.29, 1.82) is 0 Å². The molecule has 3 N–H and O–H groups in total. The third-order valence-electron chi connectivity index (χ3n) is 1.24. The zero-order valence-corrected chi connectivity index (χ0v) is 5.66. The van der Waals surface area contributed by atoms with Crippen molar-refractivity contribution in [2.75, 3.05) is 0 Å². The third-order valence-corrected chi connectivity index (χ3v) is 1.24. The zero-order chi connectivity index (χ0) is 8.15. The summed E-state index contributed by atoms with van der Waals surface area (Å²) < 4.78 is 0. The Bertz CT molecular complexity index is 146. The van der Waals surface area contributed by atoms with E-state index in [2.05, 4.69) is 13.2 Å². The molecule has 0 saturated carbocycles. The summed E-state index contributed by atoms with van der Waals surface area (Å²) in [6.45, 7) is 6.84. The van der Waals surface area contributed by atoms with Crippen molar-refractivity contribution in [1.82, 2.24) is 0 Å². The zero-order valence-electron chi connectivity index (χ0n) is 5.66. The molecule has 10 heavy (non-hydrogen) atoms. The van der Waals surface area contributed by atoms with Crippen LogP contribution in [0.4, 0.5) is 0 Å². The number of carboxylic acids is 1. The molecule has 0 aromatic carbocycles. The van der Waals surface area contributed by atoms with E-state index in [0.717, 1.165) is 0 Å². The SMILES string of the molecule is C=CC(C=C)[C@H](N)C(=O)O. The number of hydrogen-bond donors (Lipinski definition) is 2. The summed E-state index contributed by atoms with van der Waals surface area (Å²) in [5.74, 6) is -1.39. The van der Waals surface area contributed by atoms with Crippen molar-refractivity contribution in [3.05, 3.63) is 25.3 Å². The molecule has 1 atom stereocenters. The van der Waals surface area contributed by atoms with E-state index in [1.165, 1.54) is 12.2 Å². The third kappa shape index (κ3) is 2.03. The van der Waals surface area contributed by atoms with Crippen LogP contribution in [0, 0.1) is 5.92 Å². The molecule has 0 aliphatic rings. The lowest BCUT2D eigenvalue weighted by atomic mass is 10.0. The predicted octanol–water partition coefficient (Wildman–Crippen LogP) is 0.386. The van der Waals surface area contributed by atoms with Gasteiger partial charge in [0.1, 0.15) is 6.04 Å². The normalized spacial score (nSPS) is 12.6. The predicted molar refractivity (Wildman–Crippen MR) is 39.5 cm³/mol. The molecule has 0 aliphatic heterocycles. The molecule has 0 rings (SSSR count). The number of aliphatic carboxylic acids is 1. The highest BCUT2D eigenvalue weighted by atomic mass is 16.4. The number of nitrogens with two attached hydrogens (primary N) is 1. The van der Waals surface area contributed by atoms with E-state index in [1.54, 1.807) is 0 Å². The van der Waals surface area contributed by atoms with Crippen LogP contribution < -0.4 is 5.73 Å². The lowest BCUT2D eigenvalue weighted by Gasteiger charge is -2.10. The quantitative estimate of drug-likeness (QED) is 0.556. The van der Waals surface area contributed by atoms with E-state index in [1.807, 2.05) is 0 Å². The first kappa shape index (κ1) is 8.91. The Kier molecular flexibility index (Phi) is 3.43. The molecule has 0 saturated heterocycles. The summed E-state index contributed by atoms with van der Waals surface area (Å²) in [6, 6.07) is -0.921. The largest absolute Gasteiger partial charge is 0.480 e. The van der Waals surface area contributed by atoms with Gasteiger partial charge in [-0.1, -0.05) is 12.2 Å². The minimum Gasteiger partial charge on any atom is -0.480 e. The Balaban J connectivity index is 4.13. The minimum absolute atomic E-state index is 0.350. The van der Waals surface area contributed by atoms with E-state index in [0.29, 0.717) is 0 Å². The summed E-state index contributed by atoms with van der Waals surface area (Å²) >= 11 is 0. The van der Waals surface area contributed by atoms with Crippen molar-refractivity contribution in [3.8, 4) is 0 Å². The fourth-order valence-corrected chi connectivity index (χ4v) is 0.554. The molecule has 0 spiro atoms. The number of carbonyl (C=O) groups is 1. The Labute approximate surface area is 59.8 Å². The van der Waals surface area contributed by atoms with Crippen LogP contribution in [-0.2, 0) is 4.79 Å². The molecular formula is C7H11NO2. The highest BCUT2D eigenvalue weighted by Gasteiger charge is 2.17. The smallest absolute Gasteiger partial charge is 0.321 e. The topological polar surface area (TPSA) is 63.3 Å². The first-order valence-corrected chi connectivity index (χ1v) is 2.87. The van der Waals surface area contributed by atoms with Gasteiger partial charge in [-0.25, -0.2) is 0 Å². The van der Waals surface area contributed by atoms with Gasteiger partial charge < -0.3 is 10.8 Å². The summed E-state index contributed by atoms with van der Waals surface area (Å²) in [7, 11) is 0. The number of rotatable bonds is 4. The van der Waals surface area contributed by atoms with Crippen LogP contribution in [0.1, 0.15) is 0 Å². The highest BCUT2D eigenvalue weighted by molar-refractivity contribution is 5.74. The summed E-state index contributed by atoms with van der Waals surface area (Å²) in [5.41, 5.74) is 5.24. The summed E-state index contributed by atoms with van der Waals surface area (Å²) in [6.07, 6.45) is 2.93. The maximum Gasteiger partial charge on any atom is 0.321 e. The van der Waals surface area contributed by atoms with Crippen molar-refractivity contribution < 1.29 is 9.90 Å². The van der Waals surface area contributed by atoms with Gasteiger partial charge in [0.15, 0.2) is 0 Å². The number of hydrogen-bond acceptors (Lipinski definition) is 2. The maximum absolute atomic E-state index is 10.2. The van der Waals surface area contributed by atoms with Crippen LogP contribution in [0.5, 0.6) is 0 Å². The Morgan fingerprint density at radius 1 is 1.50 bits per heavy atom. The molecule has 0 amide bonds. The van der Waals surface area contributed by atoms with Crippen LogP contribution in [0.15, 0.2) is 25.3 Å². The van der Waals surface area contributed by atoms with Crippen LogP contribution >= 0.6 is 0 Å². The molecule has 0 bridgehead atoms. The van der Waals surface area contributed by atoms with Gasteiger partial charge in [-0.05, 0) is 0 Å². The molecule has 3 nitrogen and oxygen atoms in total. The lowest BCUT2D eigenvalue weighted by Crippen LogP contribution is -2.35. The van der Waals surface area contributed by atoms with Gasteiger partial charge in [0.05, 0.1) is 0 Å². The van der Waals surface area contributed by atoms with Crippen molar-refractivity contribution in [2.24, 2.45) is 11.7 Å². The molecular weight excluding hydrogens is 130 g/mol. The Hall–Kier alpha value is -1.09. The average molecular weight is 141 g/mol. The molecule has 56 valence electrons. The molecule has 0 aromatic heterocycles. The Morgan fingerprint density at radius 3 is 2.00 bits per heavy atom. The van der Waals surface area contributed by atoms with Gasteiger partial charge in [-0.15, -0.1) is 13.2 Å². The minimum atomic E-state index is -1.04. The maximum atomic E-state index is 10.2.